The summed E-state index contributed by atoms with van der Waals surface area (Å²) in [5.74, 6) is -0.0409. The molecule has 0 bridgehead atoms. The zero-order chi connectivity index (χ0) is 23.5. The Morgan fingerprint density at radius 1 is 0.969 bits per heavy atom. The molecule has 0 saturated carbocycles. The number of hydrogen-bond donors (Lipinski definition) is 1. The molecular weight excluding hydrogens is 433 g/mol. The van der Waals surface area contributed by atoms with E-state index in [2.05, 4.69) is 5.32 Å². The summed E-state index contributed by atoms with van der Waals surface area (Å²) in [6.45, 7) is 1.80. The van der Waals surface area contributed by atoms with Crippen LogP contribution in [0.2, 0.25) is 0 Å². The molecule has 0 amide bonds. The lowest BCUT2D eigenvalue weighted by Crippen LogP contribution is -2.23. The normalized spacial score (nSPS) is 12.4. The lowest BCUT2D eigenvalue weighted by atomic mass is 10.1. The predicted octanol–water partition coefficient (Wildman–Crippen LogP) is 4.10. The molecule has 1 N–H and O–H groups in total. The number of rotatable bonds is 9. The second-order valence-electron chi connectivity index (χ2n) is 7.00. The maximum absolute atomic E-state index is 13.6. The molecule has 1 heterocycles. The molecule has 1 aromatic heterocycles. The van der Waals surface area contributed by atoms with Crippen molar-refractivity contribution >= 4 is 13.3 Å². The van der Waals surface area contributed by atoms with Gasteiger partial charge in [-0.05, 0) is 31.2 Å². The third-order valence-corrected chi connectivity index (χ3v) is 7.45. The van der Waals surface area contributed by atoms with E-state index in [1.54, 1.807) is 44.0 Å². The number of benzene rings is 2. The first kappa shape index (κ1) is 23.7. The molecule has 32 heavy (non-hydrogen) atoms. The van der Waals surface area contributed by atoms with Crippen molar-refractivity contribution < 1.29 is 23.1 Å². The Morgan fingerprint density at radius 2 is 1.62 bits per heavy atom. The second kappa shape index (κ2) is 9.65. The molecule has 0 fully saturated rings. The fraction of sp³-hybridized carbons (Fsp3) is 0.318. The maximum Gasteiger partial charge on any atom is 0.356 e. The molecule has 0 aliphatic rings. The fourth-order valence-corrected chi connectivity index (χ4v) is 4.94. The third kappa shape index (κ3) is 4.19. The van der Waals surface area contributed by atoms with Crippen molar-refractivity contribution in [3.8, 4) is 17.2 Å². The minimum atomic E-state index is -3.75. The van der Waals surface area contributed by atoms with Gasteiger partial charge in [0.15, 0.2) is 5.78 Å². The van der Waals surface area contributed by atoms with Gasteiger partial charge >= 0.3 is 7.60 Å². The van der Waals surface area contributed by atoms with Gasteiger partial charge in [-0.15, -0.1) is 0 Å². The molecular formula is C22H28N3O6P. The van der Waals surface area contributed by atoms with Crippen molar-refractivity contribution in [3.63, 3.8) is 0 Å². The molecule has 2 aromatic carbocycles. The zero-order valence-corrected chi connectivity index (χ0v) is 19.9. The molecule has 0 aliphatic heterocycles. The summed E-state index contributed by atoms with van der Waals surface area (Å²) in [6, 6.07) is 14.3. The highest BCUT2D eigenvalue weighted by Crippen LogP contribution is 2.61. The van der Waals surface area contributed by atoms with E-state index in [1.807, 2.05) is 30.3 Å². The standard InChI is InChI=1S/C22H28N3O6P/c1-15-20(22(26)25(24(15)2)16-10-8-7-9-11-16)23-21(32(27,30-5)31-6)18-13-12-17(28-3)14-19(18)29-4/h7-14,21,23H,1-6H3/t21-/m0/s1. The van der Waals surface area contributed by atoms with Crippen LogP contribution in [0.3, 0.4) is 0 Å². The first-order valence-corrected chi connectivity index (χ1v) is 11.5. The summed E-state index contributed by atoms with van der Waals surface area (Å²) in [7, 11) is 3.67. The van der Waals surface area contributed by atoms with Crippen molar-refractivity contribution in [2.75, 3.05) is 33.8 Å². The molecule has 172 valence electrons. The Balaban J connectivity index is 2.18. The van der Waals surface area contributed by atoms with Crippen molar-refractivity contribution in [1.29, 1.82) is 0 Å². The molecule has 3 rings (SSSR count). The van der Waals surface area contributed by atoms with E-state index in [0.29, 0.717) is 28.4 Å². The van der Waals surface area contributed by atoms with Crippen LogP contribution in [0.1, 0.15) is 17.0 Å². The lowest BCUT2D eigenvalue weighted by Gasteiger charge is -2.27. The highest BCUT2D eigenvalue weighted by molar-refractivity contribution is 7.54. The van der Waals surface area contributed by atoms with Gasteiger partial charge in [-0.2, -0.15) is 0 Å². The Kier molecular flexibility index (Phi) is 7.13. The van der Waals surface area contributed by atoms with Gasteiger partial charge < -0.3 is 23.8 Å². The van der Waals surface area contributed by atoms with Crippen LogP contribution in [0, 0.1) is 6.92 Å². The van der Waals surface area contributed by atoms with Crippen LogP contribution < -0.4 is 20.3 Å². The monoisotopic (exact) mass is 461 g/mol. The van der Waals surface area contributed by atoms with Crippen molar-refractivity contribution in [2.24, 2.45) is 7.05 Å². The quantitative estimate of drug-likeness (QED) is 0.480. The van der Waals surface area contributed by atoms with E-state index in [9.17, 15) is 9.36 Å². The third-order valence-electron chi connectivity index (χ3n) is 5.40. The average Bonchev–Trinajstić information content (AvgIpc) is 3.04. The molecule has 0 aliphatic carbocycles. The minimum Gasteiger partial charge on any atom is -0.497 e. The maximum atomic E-state index is 13.6. The summed E-state index contributed by atoms with van der Waals surface area (Å²) >= 11 is 0. The number of aromatic nitrogens is 2. The summed E-state index contributed by atoms with van der Waals surface area (Å²) < 4.78 is 38.2. The van der Waals surface area contributed by atoms with Gasteiger partial charge in [-0.1, -0.05) is 18.2 Å². The van der Waals surface area contributed by atoms with Crippen LogP contribution in [0.25, 0.3) is 5.69 Å². The molecule has 0 radical (unpaired) electrons. The van der Waals surface area contributed by atoms with E-state index in [-0.39, 0.29) is 11.2 Å². The molecule has 9 nitrogen and oxygen atoms in total. The lowest BCUT2D eigenvalue weighted by molar-refractivity contribution is 0.267. The van der Waals surface area contributed by atoms with Crippen molar-refractivity contribution in [3.05, 3.63) is 70.1 Å². The molecule has 0 spiro atoms. The summed E-state index contributed by atoms with van der Waals surface area (Å²) in [5, 5.41) is 3.13. The van der Waals surface area contributed by atoms with E-state index in [4.69, 9.17) is 18.5 Å². The zero-order valence-electron chi connectivity index (χ0n) is 19.0. The van der Waals surface area contributed by atoms with Gasteiger partial charge in [0.1, 0.15) is 17.2 Å². The van der Waals surface area contributed by atoms with Gasteiger partial charge in [0, 0.05) is 32.9 Å². The van der Waals surface area contributed by atoms with Crippen LogP contribution in [-0.2, 0) is 20.7 Å². The summed E-state index contributed by atoms with van der Waals surface area (Å²) in [4.78, 5) is 13.4. The number of ether oxygens (including phenoxy) is 2. The minimum absolute atomic E-state index is 0.272. The van der Waals surface area contributed by atoms with Crippen molar-refractivity contribution in [1.82, 2.24) is 9.36 Å². The SMILES string of the molecule is COc1ccc([C@@H](Nc2c(C)n(C)n(-c3ccccc3)c2=O)P(=O)(OC)OC)c(OC)c1. The topological polar surface area (TPSA) is 93.0 Å². The van der Waals surface area contributed by atoms with Crippen LogP contribution in [0.4, 0.5) is 5.69 Å². The number of nitrogens with zero attached hydrogens (tertiary/aromatic N) is 2. The van der Waals surface area contributed by atoms with Gasteiger partial charge in [-0.25, -0.2) is 4.68 Å². The number of anilines is 1. The molecule has 1 atom stereocenters. The van der Waals surface area contributed by atoms with Crippen LogP contribution in [-0.4, -0.2) is 37.8 Å². The molecule has 0 saturated heterocycles. The van der Waals surface area contributed by atoms with Crippen LogP contribution in [0.15, 0.2) is 53.3 Å². The van der Waals surface area contributed by atoms with E-state index < -0.39 is 13.4 Å². The molecule has 0 unspecified atom stereocenters. The van der Waals surface area contributed by atoms with Gasteiger partial charge in [0.25, 0.3) is 5.56 Å². The number of nitrogens with one attached hydrogen (secondary N) is 1. The molecule has 3 aromatic rings. The van der Waals surface area contributed by atoms with Crippen LogP contribution >= 0.6 is 7.60 Å². The van der Waals surface area contributed by atoms with E-state index in [1.165, 1.54) is 26.0 Å². The summed E-state index contributed by atoms with van der Waals surface area (Å²) in [5.41, 5.74) is 1.82. The summed E-state index contributed by atoms with van der Waals surface area (Å²) in [6.07, 6.45) is 0. The Bertz CT molecular complexity index is 1180. The number of para-hydroxylation sites is 1. The predicted molar refractivity (Wildman–Crippen MR) is 123 cm³/mol. The number of methoxy groups -OCH3 is 2. The Labute approximate surface area is 187 Å². The van der Waals surface area contributed by atoms with Gasteiger partial charge in [0.05, 0.1) is 25.6 Å². The number of hydrogen-bond acceptors (Lipinski definition) is 7. The first-order chi connectivity index (χ1) is 15.3. The van der Waals surface area contributed by atoms with Crippen LogP contribution in [0.5, 0.6) is 11.5 Å². The van der Waals surface area contributed by atoms with Gasteiger partial charge in [-0.3, -0.25) is 14.0 Å². The Morgan fingerprint density at radius 3 is 2.19 bits per heavy atom. The van der Waals surface area contributed by atoms with Crippen molar-refractivity contribution in [2.45, 2.75) is 12.7 Å². The highest BCUT2D eigenvalue weighted by atomic mass is 31.2. The van der Waals surface area contributed by atoms with E-state index in [0.717, 1.165) is 0 Å². The van der Waals surface area contributed by atoms with Gasteiger partial charge in [0.2, 0.25) is 0 Å². The smallest absolute Gasteiger partial charge is 0.356 e. The largest absolute Gasteiger partial charge is 0.497 e. The second-order valence-corrected chi connectivity index (χ2v) is 9.32. The fourth-order valence-electron chi connectivity index (χ4n) is 3.53. The first-order valence-electron chi connectivity index (χ1n) is 9.85. The highest BCUT2D eigenvalue weighted by Gasteiger charge is 2.39. The molecule has 10 heteroatoms. The average molecular weight is 461 g/mol. The Hall–Kier alpha value is -3.00. The van der Waals surface area contributed by atoms with E-state index >= 15 is 0 Å².